The zero-order valence-corrected chi connectivity index (χ0v) is 19.3. The third kappa shape index (κ3) is 4.91. The summed E-state index contributed by atoms with van der Waals surface area (Å²) in [4.78, 5) is 17.8. The van der Waals surface area contributed by atoms with Crippen LogP contribution in [-0.4, -0.2) is 69.9 Å². The Kier molecular flexibility index (Phi) is 7.01. The maximum atomic E-state index is 13.2. The van der Waals surface area contributed by atoms with Crippen LogP contribution in [0.15, 0.2) is 59.5 Å². The van der Waals surface area contributed by atoms with Gasteiger partial charge >= 0.3 is 0 Å². The van der Waals surface area contributed by atoms with Gasteiger partial charge in [0.05, 0.1) is 12.0 Å². The van der Waals surface area contributed by atoms with E-state index in [9.17, 15) is 13.2 Å². The average Bonchev–Trinajstić information content (AvgIpc) is 3.11. The van der Waals surface area contributed by atoms with Crippen LogP contribution in [0.2, 0.25) is 0 Å². The number of amides is 1. The number of anilines is 1. The standard InChI is InChI=1S/C24H31N3O4S/c1-31-22-10-8-21(9-11-22)25-14-5-15-26(19-18-25)24(28)20-12-16-27(17-13-20)32(29,30)23-6-3-2-4-7-23/h2-4,6-11,20H,5,12-19H2,1H3. The number of rotatable bonds is 5. The van der Waals surface area contributed by atoms with Crippen LogP contribution >= 0.6 is 0 Å². The Morgan fingerprint density at radius 2 is 1.56 bits per heavy atom. The normalized spacial score (nSPS) is 18.9. The first-order valence-corrected chi connectivity index (χ1v) is 12.7. The van der Waals surface area contributed by atoms with Crippen molar-refractivity contribution in [2.45, 2.75) is 24.2 Å². The van der Waals surface area contributed by atoms with Gasteiger partial charge in [-0.05, 0) is 55.7 Å². The zero-order valence-electron chi connectivity index (χ0n) is 18.5. The molecule has 2 heterocycles. The van der Waals surface area contributed by atoms with E-state index in [2.05, 4.69) is 17.0 Å². The minimum absolute atomic E-state index is 0.107. The van der Waals surface area contributed by atoms with Crippen LogP contribution in [-0.2, 0) is 14.8 Å². The number of carbonyl (C=O) groups is 1. The minimum Gasteiger partial charge on any atom is -0.497 e. The van der Waals surface area contributed by atoms with Gasteiger partial charge in [0.25, 0.3) is 0 Å². The molecule has 1 amide bonds. The maximum absolute atomic E-state index is 13.2. The fourth-order valence-electron chi connectivity index (χ4n) is 4.53. The topological polar surface area (TPSA) is 70.2 Å². The highest BCUT2D eigenvalue weighted by Gasteiger charge is 2.34. The van der Waals surface area contributed by atoms with Crippen LogP contribution in [0, 0.1) is 5.92 Å². The van der Waals surface area contributed by atoms with Crippen molar-refractivity contribution < 1.29 is 17.9 Å². The average molecular weight is 458 g/mol. The molecule has 2 saturated heterocycles. The Bertz CT molecular complexity index is 1000. The van der Waals surface area contributed by atoms with Crippen molar-refractivity contribution in [3.8, 4) is 5.75 Å². The van der Waals surface area contributed by atoms with E-state index in [1.54, 1.807) is 37.4 Å². The monoisotopic (exact) mass is 457 g/mol. The molecule has 2 aliphatic rings. The minimum atomic E-state index is -3.49. The number of hydrogen-bond donors (Lipinski definition) is 0. The van der Waals surface area contributed by atoms with Gasteiger partial charge in [-0.3, -0.25) is 4.79 Å². The van der Waals surface area contributed by atoms with Crippen molar-refractivity contribution in [2.75, 3.05) is 51.3 Å². The van der Waals surface area contributed by atoms with Crippen molar-refractivity contribution in [1.82, 2.24) is 9.21 Å². The second-order valence-electron chi connectivity index (χ2n) is 8.36. The van der Waals surface area contributed by atoms with Crippen molar-refractivity contribution in [2.24, 2.45) is 5.92 Å². The third-order valence-corrected chi connectivity index (χ3v) is 8.34. The van der Waals surface area contributed by atoms with E-state index in [4.69, 9.17) is 4.74 Å². The quantitative estimate of drug-likeness (QED) is 0.691. The smallest absolute Gasteiger partial charge is 0.243 e. The summed E-state index contributed by atoms with van der Waals surface area (Å²) in [7, 11) is -1.83. The predicted octanol–water partition coefficient (Wildman–Crippen LogP) is 2.83. The molecule has 0 radical (unpaired) electrons. The fraction of sp³-hybridized carbons (Fsp3) is 0.458. The highest BCUT2D eigenvalue weighted by atomic mass is 32.2. The molecule has 0 atom stereocenters. The lowest BCUT2D eigenvalue weighted by Crippen LogP contribution is -2.45. The van der Waals surface area contributed by atoms with Gasteiger partial charge in [-0.15, -0.1) is 0 Å². The van der Waals surface area contributed by atoms with Crippen molar-refractivity contribution in [3.05, 3.63) is 54.6 Å². The molecule has 2 aromatic rings. The fourth-order valence-corrected chi connectivity index (χ4v) is 6.02. The molecular formula is C24H31N3O4S. The Hall–Kier alpha value is -2.58. The summed E-state index contributed by atoms with van der Waals surface area (Å²) in [6.07, 6.45) is 2.06. The molecule has 8 heteroatoms. The number of ether oxygens (including phenoxy) is 1. The van der Waals surface area contributed by atoms with Crippen molar-refractivity contribution in [3.63, 3.8) is 0 Å². The molecule has 0 N–H and O–H groups in total. The van der Waals surface area contributed by atoms with Crippen LogP contribution < -0.4 is 9.64 Å². The Morgan fingerprint density at radius 1 is 0.875 bits per heavy atom. The first-order valence-electron chi connectivity index (χ1n) is 11.2. The van der Waals surface area contributed by atoms with Crippen LogP contribution in [0.1, 0.15) is 19.3 Å². The summed E-state index contributed by atoms with van der Waals surface area (Å²) < 4.78 is 32.4. The molecule has 0 aromatic heterocycles. The lowest BCUT2D eigenvalue weighted by molar-refractivity contribution is -0.136. The molecule has 32 heavy (non-hydrogen) atoms. The number of benzene rings is 2. The number of carbonyl (C=O) groups excluding carboxylic acids is 1. The van der Waals surface area contributed by atoms with E-state index in [-0.39, 0.29) is 11.8 Å². The highest BCUT2D eigenvalue weighted by Crippen LogP contribution is 2.26. The van der Waals surface area contributed by atoms with Gasteiger partial charge in [-0.25, -0.2) is 8.42 Å². The Balaban J connectivity index is 1.32. The summed E-state index contributed by atoms with van der Waals surface area (Å²) in [5.41, 5.74) is 1.14. The molecule has 0 bridgehead atoms. The molecule has 0 spiro atoms. The number of methoxy groups -OCH3 is 1. The van der Waals surface area contributed by atoms with Gasteiger partial charge in [-0.2, -0.15) is 4.31 Å². The Labute approximate surface area is 190 Å². The molecule has 4 rings (SSSR count). The predicted molar refractivity (Wildman–Crippen MR) is 124 cm³/mol. The summed E-state index contributed by atoms with van der Waals surface area (Å²) in [5.74, 6) is 0.893. The Morgan fingerprint density at radius 3 is 2.22 bits per heavy atom. The molecule has 0 unspecified atom stereocenters. The van der Waals surface area contributed by atoms with Gasteiger partial charge in [0, 0.05) is 50.9 Å². The molecule has 2 aliphatic heterocycles. The van der Waals surface area contributed by atoms with Gasteiger partial charge in [0.1, 0.15) is 5.75 Å². The largest absolute Gasteiger partial charge is 0.497 e. The third-order valence-electron chi connectivity index (χ3n) is 6.43. The van der Waals surface area contributed by atoms with E-state index in [1.165, 1.54) is 4.31 Å². The summed E-state index contributed by atoms with van der Waals surface area (Å²) in [6, 6.07) is 16.5. The highest BCUT2D eigenvalue weighted by molar-refractivity contribution is 7.89. The van der Waals surface area contributed by atoms with Gasteiger partial charge in [-0.1, -0.05) is 18.2 Å². The van der Waals surface area contributed by atoms with Gasteiger partial charge in [0.2, 0.25) is 15.9 Å². The SMILES string of the molecule is COc1ccc(N2CCCN(C(=O)C3CCN(S(=O)(=O)c4ccccc4)CC3)CC2)cc1. The van der Waals surface area contributed by atoms with E-state index < -0.39 is 10.0 Å². The zero-order chi connectivity index (χ0) is 22.6. The van der Waals surface area contributed by atoms with Crippen LogP contribution in [0.3, 0.4) is 0 Å². The first kappa shape index (κ1) is 22.6. The summed E-state index contributed by atoms with van der Waals surface area (Å²) in [5, 5.41) is 0. The van der Waals surface area contributed by atoms with Gasteiger partial charge < -0.3 is 14.5 Å². The van der Waals surface area contributed by atoms with Crippen LogP contribution in [0.4, 0.5) is 5.69 Å². The summed E-state index contributed by atoms with van der Waals surface area (Å²) >= 11 is 0. The summed E-state index contributed by atoms with van der Waals surface area (Å²) in [6.45, 7) is 3.91. The van der Waals surface area contributed by atoms with Crippen molar-refractivity contribution >= 4 is 21.6 Å². The number of nitrogens with zero attached hydrogens (tertiary/aromatic N) is 3. The van der Waals surface area contributed by atoms with E-state index in [0.717, 1.165) is 37.5 Å². The first-order chi connectivity index (χ1) is 15.5. The van der Waals surface area contributed by atoms with E-state index in [1.807, 2.05) is 17.0 Å². The van der Waals surface area contributed by atoms with E-state index >= 15 is 0 Å². The second-order valence-corrected chi connectivity index (χ2v) is 10.3. The lowest BCUT2D eigenvalue weighted by atomic mass is 9.96. The molecule has 0 saturated carbocycles. The maximum Gasteiger partial charge on any atom is 0.243 e. The van der Waals surface area contributed by atoms with Crippen molar-refractivity contribution in [1.29, 1.82) is 0 Å². The van der Waals surface area contributed by atoms with Gasteiger partial charge in [0.15, 0.2) is 0 Å². The lowest BCUT2D eigenvalue weighted by Gasteiger charge is -2.33. The molecule has 2 aromatic carbocycles. The van der Waals surface area contributed by atoms with Crippen LogP contribution in [0.5, 0.6) is 5.75 Å². The van der Waals surface area contributed by atoms with Crippen LogP contribution in [0.25, 0.3) is 0 Å². The molecule has 172 valence electrons. The molecule has 2 fully saturated rings. The second kappa shape index (κ2) is 9.92. The number of sulfonamides is 1. The number of piperidine rings is 1. The molecular weight excluding hydrogens is 426 g/mol. The van der Waals surface area contributed by atoms with E-state index in [0.29, 0.717) is 37.4 Å². The molecule has 0 aliphatic carbocycles. The number of hydrogen-bond acceptors (Lipinski definition) is 5. The molecule has 7 nitrogen and oxygen atoms in total.